The second-order valence-corrected chi connectivity index (χ2v) is 8.50. The van der Waals surface area contributed by atoms with Gasteiger partial charge < -0.3 is 29.7 Å². The Morgan fingerprint density at radius 1 is 1.06 bits per heavy atom. The van der Waals surface area contributed by atoms with Crippen molar-refractivity contribution in [3.8, 4) is 17.2 Å². The summed E-state index contributed by atoms with van der Waals surface area (Å²) in [4.78, 5) is 22.1. The minimum Gasteiger partial charge on any atom is -0.479 e. The maximum absolute atomic E-state index is 9.77. The summed E-state index contributed by atoms with van der Waals surface area (Å²) in [6, 6.07) is 19.0. The average molecular weight is 481 g/mol. The van der Waals surface area contributed by atoms with Crippen LogP contribution >= 0.6 is 0 Å². The lowest BCUT2D eigenvalue weighted by Crippen LogP contribution is -2.39. The van der Waals surface area contributed by atoms with Crippen molar-refractivity contribution in [3.63, 3.8) is 0 Å². The standard InChI is InChI=1S/C22H22N2O.C4H6O6/c1-16-3-2-11-24(16)12-10-21-14-20-13-19(8-9-22(20)25-21)18-6-4-17(15-23)5-7-18;5-1(3(7)8)2(6)4(9)10/h4-9,13-14,16H,2-3,10-12H2,1H3;1-2,5-6H,(H,7,8)(H,9,10)/t16-;1-,2-/m10/s1. The van der Waals surface area contributed by atoms with Crippen LogP contribution in [-0.2, 0) is 16.0 Å². The van der Waals surface area contributed by atoms with Gasteiger partial charge in [-0.3, -0.25) is 0 Å². The Balaban J connectivity index is 0.000000292. The molecular weight excluding hydrogens is 452 g/mol. The average Bonchev–Trinajstić information content (AvgIpc) is 3.46. The van der Waals surface area contributed by atoms with E-state index in [0.717, 1.165) is 40.8 Å². The monoisotopic (exact) mass is 480 g/mol. The van der Waals surface area contributed by atoms with E-state index < -0.39 is 24.1 Å². The predicted octanol–water partition coefficient (Wildman–Crippen LogP) is 2.88. The van der Waals surface area contributed by atoms with Gasteiger partial charge in [0.2, 0.25) is 0 Å². The van der Waals surface area contributed by atoms with Gasteiger partial charge in [-0.15, -0.1) is 0 Å². The van der Waals surface area contributed by atoms with Crippen LogP contribution in [0.5, 0.6) is 0 Å². The van der Waals surface area contributed by atoms with Crippen LogP contribution in [0.25, 0.3) is 22.1 Å². The van der Waals surface area contributed by atoms with Crippen LogP contribution in [0.1, 0.15) is 31.1 Å². The first kappa shape index (κ1) is 25.9. The normalized spacial score (nSPS) is 17.3. The minimum absolute atomic E-state index is 0.687. The van der Waals surface area contributed by atoms with Crippen LogP contribution in [0, 0.1) is 11.3 Å². The van der Waals surface area contributed by atoms with Crippen LogP contribution in [0.4, 0.5) is 0 Å². The summed E-state index contributed by atoms with van der Waals surface area (Å²) >= 11 is 0. The molecule has 1 aliphatic heterocycles. The summed E-state index contributed by atoms with van der Waals surface area (Å²) in [7, 11) is 0. The molecule has 1 aromatic heterocycles. The van der Waals surface area contributed by atoms with Gasteiger partial charge in [-0.1, -0.05) is 18.2 Å². The van der Waals surface area contributed by atoms with E-state index >= 15 is 0 Å². The molecule has 2 aromatic carbocycles. The van der Waals surface area contributed by atoms with E-state index in [4.69, 9.17) is 30.1 Å². The Kier molecular flexibility index (Phi) is 8.60. The fourth-order valence-corrected chi connectivity index (χ4v) is 3.99. The SMILES string of the molecule is C[C@@H]1CCCN1CCc1cc2cc(-c3ccc(C#N)cc3)ccc2o1.O=C(O)[C@@H](O)[C@H](O)C(=O)O. The fourth-order valence-electron chi connectivity index (χ4n) is 3.99. The van der Waals surface area contributed by atoms with Gasteiger partial charge in [0.05, 0.1) is 11.6 Å². The number of hydrogen-bond acceptors (Lipinski definition) is 7. The maximum atomic E-state index is 9.77. The molecule has 35 heavy (non-hydrogen) atoms. The van der Waals surface area contributed by atoms with E-state index in [2.05, 4.69) is 36.1 Å². The molecule has 3 aromatic rings. The quantitative estimate of drug-likeness (QED) is 0.399. The molecule has 0 aliphatic carbocycles. The summed E-state index contributed by atoms with van der Waals surface area (Å²) in [5, 5.41) is 42.6. The lowest BCUT2D eigenvalue weighted by molar-refractivity contribution is -0.165. The van der Waals surface area contributed by atoms with Gasteiger partial charge in [0.1, 0.15) is 11.3 Å². The van der Waals surface area contributed by atoms with Crippen LogP contribution < -0.4 is 0 Å². The van der Waals surface area contributed by atoms with E-state index in [1.807, 2.05) is 30.3 Å². The van der Waals surface area contributed by atoms with Crippen molar-refractivity contribution in [2.45, 2.75) is 44.4 Å². The van der Waals surface area contributed by atoms with Crippen LogP contribution in [-0.4, -0.2) is 68.6 Å². The van der Waals surface area contributed by atoms with E-state index in [0.29, 0.717) is 11.6 Å². The number of carbonyl (C=O) groups is 2. The zero-order valence-corrected chi connectivity index (χ0v) is 19.3. The zero-order chi connectivity index (χ0) is 25.5. The number of hydrogen-bond donors (Lipinski definition) is 4. The third-order valence-electron chi connectivity index (χ3n) is 6.06. The molecule has 2 heterocycles. The molecule has 1 saturated heterocycles. The topological polar surface area (TPSA) is 155 Å². The van der Waals surface area contributed by atoms with Crippen molar-refractivity contribution < 1.29 is 34.4 Å². The number of benzene rings is 2. The first-order valence-corrected chi connectivity index (χ1v) is 11.3. The van der Waals surface area contributed by atoms with Crippen molar-refractivity contribution in [2.75, 3.05) is 13.1 Å². The third kappa shape index (κ3) is 6.67. The van der Waals surface area contributed by atoms with Gasteiger partial charge in [-0.2, -0.15) is 5.26 Å². The van der Waals surface area contributed by atoms with Crippen molar-refractivity contribution in [1.29, 1.82) is 5.26 Å². The number of nitriles is 1. The van der Waals surface area contributed by atoms with Gasteiger partial charge in [0, 0.05) is 24.4 Å². The van der Waals surface area contributed by atoms with Crippen molar-refractivity contribution in [3.05, 3.63) is 59.9 Å². The summed E-state index contributed by atoms with van der Waals surface area (Å²) < 4.78 is 6.02. The summed E-state index contributed by atoms with van der Waals surface area (Å²) in [5.41, 5.74) is 3.90. The molecule has 0 radical (unpaired) electrons. The number of rotatable bonds is 7. The van der Waals surface area contributed by atoms with Gasteiger partial charge >= 0.3 is 11.9 Å². The number of aliphatic hydroxyl groups excluding tert-OH is 2. The molecule has 4 N–H and O–H groups in total. The molecule has 9 nitrogen and oxygen atoms in total. The highest BCUT2D eigenvalue weighted by Crippen LogP contribution is 2.27. The van der Waals surface area contributed by atoms with Gasteiger partial charge in [0.15, 0.2) is 12.2 Å². The Hall–Kier alpha value is -3.71. The third-order valence-corrected chi connectivity index (χ3v) is 6.06. The smallest absolute Gasteiger partial charge is 0.335 e. The molecule has 3 atom stereocenters. The lowest BCUT2D eigenvalue weighted by atomic mass is 10.0. The van der Waals surface area contributed by atoms with Gasteiger partial charge in [-0.05, 0) is 67.8 Å². The second kappa shape index (κ2) is 11.6. The molecule has 1 aliphatic rings. The van der Waals surface area contributed by atoms with E-state index in [-0.39, 0.29) is 0 Å². The molecule has 0 unspecified atom stereocenters. The molecular formula is C26H28N2O7. The molecule has 1 fully saturated rings. The van der Waals surface area contributed by atoms with Crippen molar-refractivity contribution in [1.82, 2.24) is 4.90 Å². The fraction of sp³-hybridized carbons (Fsp3) is 0.346. The number of carboxylic acids is 2. The van der Waals surface area contributed by atoms with E-state index in [9.17, 15) is 9.59 Å². The van der Waals surface area contributed by atoms with E-state index in [1.54, 1.807) is 0 Å². The summed E-state index contributed by atoms with van der Waals surface area (Å²) in [6.45, 7) is 4.60. The van der Waals surface area contributed by atoms with Crippen LogP contribution in [0.3, 0.4) is 0 Å². The number of carboxylic acid groups (broad SMARTS) is 2. The van der Waals surface area contributed by atoms with Crippen molar-refractivity contribution in [2.24, 2.45) is 0 Å². The summed E-state index contributed by atoms with van der Waals surface area (Å²) in [6.07, 6.45) is -0.941. The number of nitrogens with zero attached hydrogens (tertiary/aromatic N) is 2. The highest BCUT2D eigenvalue weighted by Gasteiger charge is 2.29. The van der Waals surface area contributed by atoms with Gasteiger partial charge in [0.25, 0.3) is 0 Å². The Morgan fingerprint density at radius 3 is 2.23 bits per heavy atom. The van der Waals surface area contributed by atoms with Crippen LogP contribution in [0.2, 0.25) is 0 Å². The molecule has 0 spiro atoms. The van der Waals surface area contributed by atoms with Crippen LogP contribution in [0.15, 0.2) is 52.9 Å². The molecule has 0 bridgehead atoms. The minimum atomic E-state index is -2.27. The molecule has 0 saturated carbocycles. The molecule has 0 amide bonds. The number of aliphatic hydroxyl groups is 2. The lowest BCUT2D eigenvalue weighted by Gasteiger charge is -2.19. The van der Waals surface area contributed by atoms with E-state index in [1.165, 1.54) is 19.4 Å². The maximum Gasteiger partial charge on any atom is 0.335 e. The molecule has 184 valence electrons. The number of likely N-dealkylation sites (tertiary alicyclic amines) is 1. The van der Waals surface area contributed by atoms with Crippen molar-refractivity contribution >= 4 is 22.9 Å². The second-order valence-electron chi connectivity index (χ2n) is 8.50. The highest BCUT2D eigenvalue weighted by atomic mass is 16.4. The summed E-state index contributed by atoms with van der Waals surface area (Å²) in [5.74, 6) is -2.48. The molecule has 4 rings (SSSR count). The first-order valence-electron chi connectivity index (χ1n) is 11.3. The molecule has 9 heteroatoms. The highest BCUT2D eigenvalue weighted by molar-refractivity contribution is 5.84. The Labute approximate surface area is 202 Å². The largest absolute Gasteiger partial charge is 0.479 e. The Bertz CT molecular complexity index is 1190. The number of aliphatic carboxylic acids is 2. The number of fused-ring (bicyclic) bond motifs is 1. The first-order chi connectivity index (χ1) is 16.7. The number of furan rings is 1. The zero-order valence-electron chi connectivity index (χ0n) is 19.3. The van der Waals surface area contributed by atoms with Gasteiger partial charge in [-0.25, -0.2) is 9.59 Å². The Morgan fingerprint density at radius 2 is 1.69 bits per heavy atom. The predicted molar refractivity (Wildman–Crippen MR) is 128 cm³/mol.